The molecular formula is C19H19ClN4O2. The Balaban J connectivity index is 1.81. The zero-order chi connectivity index (χ0) is 18.3. The number of aromatic nitrogens is 3. The summed E-state index contributed by atoms with van der Waals surface area (Å²) in [4.78, 5) is 14.3. The topological polar surface area (TPSA) is 60.2 Å². The van der Waals surface area contributed by atoms with Crippen LogP contribution in [0, 0.1) is 6.92 Å². The highest BCUT2D eigenvalue weighted by Gasteiger charge is 2.35. The largest absolute Gasteiger partial charge is 0.465 e. The van der Waals surface area contributed by atoms with Crippen molar-refractivity contribution in [1.29, 1.82) is 0 Å². The number of hydrogen-bond acceptors (Lipinski definition) is 5. The fraction of sp³-hybridized carbons (Fsp3) is 0.316. The van der Waals surface area contributed by atoms with Gasteiger partial charge in [0.25, 0.3) is 0 Å². The lowest BCUT2D eigenvalue weighted by Crippen LogP contribution is -2.39. The Morgan fingerprint density at radius 3 is 2.77 bits per heavy atom. The molecule has 0 N–H and O–H groups in total. The quantitative estimate of drug-likeness (QED) is 0.761. The van der Waals surface area contributed by atoms with Crippen molar-refractivity contribution in [3.8, 4) is 0 Å². The number of ether oxygens (including phenoxy) is 1. The molecule has 0 bridgehead atoms. The summed E-state index contributed by atoms with van der Waals surface area (Å²) >= 11 is 6.05. The molecule has 4 rings (SSSR count). The molecule has 26 heavy (non-hydrogen) atoms. The Morgan fingerprint density at radius 2 is 2.04 bits per heavy atom. The first-order valence-electron chi connectivity index (χ1n) is 8.49. The fourth-order valence-corrected chi connectivity index (χ4v) is 3.85. The Labute approximate surface area is 156 Å². The molecule has 2 aliphatic rings. The molecule has 0 saturated carbocycles. The van der Waals surface area contributed by atoms with Gasteiger partial charge in [-0.1, -0.05) is 29.0 Å². The fourth-order valence-electron chi connectivity index (χ4n) is 3.73. The first-order valence-corrected chi connectivity index (χ1v) is 8.87. The molecule has 2 unspecified atom stereocenters. The monoisotopic (exact) mass is 370 g/mol. The molecule has 6 nitrogen and oxygen atoms in total. The van der Waals surface area contributed by atoms with E-state index >= 15 is 0 Å². The van der Waals surface area contributed by atoms with Crippen molar-refractivity contribution in [3.05, 3.63) is 64.5 Å². The van der Waals surface area contributed by atoms with E-state index in [4.69, 9.17) is 16.3 Å². The number of hydrogen-bond donors (Lipinski definition) is 0. The third kappa shape index (κ3) is 2.80. The second kappa shape index (κ2) is 6.61. The second-order valence-corrected chi connectivity index (χ2v) is 6.88. The summed E-state index contributed by atoms with van der Waals surface area (Å²) < 4.78 is 6.87. The maximum Gasteiger partial charge on any atom is 0.337 e. The Bertz CT molecular complexity index is 901. The zero-order valence-electron chi connectivity index (χ0n) is 14.6. The summed E-state index contributed by atoms with van der Waals surface area (Å²) in [6, 6.07) is 7.73. The number of fused-ring (bicyclic) bond motifs is 3. The minimum Gasteiger partial charge on any atom is -0.465 e. The average Bonchev–Trinajstić information content (AvgIpc) is 2.94. The van der Waals surface area contributed by atoms with E-state index in [0.717, 1.165) is 30.2 Å². The van der Waals surface area contributed by atoms with Gasteiger partial charge in [-0.3, -0.25) is 0 Å². The van der Waals surface area contributed by atoms with Gasteiger partial charge in [-0.15, -0.1) is 5.10 Å². The summed E-state index contributed by atoms with van der Waals surface area (Å²) in [7, 11) is 1.40. The normalized spacial score (nSPS) is 21.5. The number of carbonyl (C=O) groups is 1. The molecular weight excluding hydrogens is 352 g/mol. The predicted octanol–water partition coefficient (Wildman–Crippen LogP) is 2.88. The highest BCUT2D eigenvalue weighted by Crippen LogP contribution is 2.36. The third-order valence-electron chi connectivity index (χ3n) is 4.96. The van der Waals surface area contributed by atoms with Crippen molar-refractivity contribution in [1.82, 2.24) is 15.0 Å². The number of esters is 1. The number of nitrogens with zero attached hydrogens (tertiary/aromatic N) is 4. The lowest BCUT2D eigenvalue weighted by molar-refractivity contribution is -0.135. The van der Waals surface area contributed by atoms with Crippen LogP contribution in [-0.2, 0) is 16.1 Å². The van der Waals surface area contributed by atoms with Crippen molar-refractivity contribution in [2.75, 3.05) is 18.6 Å². The molecule has 0 saturated heterocycles. The number of carbonyl (C=O) groups excluding carboxylic acids is 1. The molecule has 1 aromatic carbocycles. The van der Waals surface area contributed by atoms with Gasteiger partial charge in [0.1, 0.15) is 0 Å². The van der Waals surface area contributed by atoms with Crippen LogP contribution in [0.15, 0.2) is 48.1 Å². The van der Waals surface area contributed by atoms with Crippen LogP contribution in [0.4, 0.5) is 5.69 Å². The van der Waals surface area contributed by atoms with Gasteiger partial charge in [-0.25, -0.2) is 9.48 Å². The molecule has 7 heteroatoms. The predicted molar refractivity (Wildman–Crippen MR) is 99.3 cm³/mol. The average molecular weight is 371 g/mol. The van der Waals surface area contributed by atoms with Crippen LogP contribution in [0.5, 0.6) is 0 Å². The van der Waals surface area contributed by atoms with E-state index < -0.39 is 0 Å². The molecule has 0 fully saturated rings. The zero-order valence-corrected chi connectivity index (χ0v) is 15.3. The smallest absolute Gasteiger partial charge is 0.337 e. The minimum atomic E-state index is -0.330. The molecule has 0 amide bonds. The van der Waals surface area contributed by atoms with E-state index in [1.54, 1.807) is 0 Å². The molecule has 2 atom stereocenters. The second-order valence-electron chi connectivity index (χ2n) is 6.44. The third-order valence-corrected chi connectivity index (χ3v) is 5.21. The van der Waals surface area contributed by atoms with Crippen LogP contribution in [0.1, 0.15) is 17.3 Å². The van der Waals surface area contributed by atoms with Gasteiger partial charge in [-0.05, 0) is 37.3 Å². The summed E-state index contributed by atoms with van der Waals surface area (Å²) in [6.07, 6.45) is 5.86. The van der Waals surface area contributed by atoms with Gasteiger partial charge in [0, 0.05) is 23.2 Å². The van der Waals surface area contributed by atoms with Crippen molar-refractivity contribution < 1.29 is 9.53 Å². The van der Waals surface area contributed by atoms with E-state index in [9.17, 15) is 4.79 Å². The van der Waals surface area contributed by atoms with Crippen LogP contribution >= 0.6 is 11.6 Å². The molecule has 1 aromatic heterocycles. The van der Waals surface area contributed by atoms with Crippen LogP contribution < -0.4 is 4.90 Å². The summed E-state index contributed by atoms with van der Waals surface area (Å²) in [5.41, 5.74) is 3.61. The number of benzene rings is 1. The van der Waals surface area contributed by atoms with Crippen LogP contribution in [-0.4, -0.2) is 40.7 Å². The van der Waals surface area contributed by atoms with Crippen molar-refractivity contribution in [3.63, 3.8) is 0 Å². The van der Waals surface area contributed by atoms with E-state index in [-0.39, 0.29) is 17.9 Å². The SMILES string of the molecule is COC(=O)C1=CC2C(C=C1)c1c(C)nnn1CCN2c1ccc(Cl)cc1. The van der Waals surface area contributed by atoms with Crippen molar-refractivity contribution in [2.24, 2.45) is 0 Å². The van der Waals surface area contributed by atoms with Gasteiger partial charge in [0.05, 0.1) is 36.7 Å². The molecule has 2 aromatic rings. The van der Waals surface area contributed by atoms with Gasteiger partial charge in [0.2, 0.25) is 0 Å². The van der Waals surface area contributed by atoms with Crippen molar-refractivity contribution >= 4 is 23.3 Å². The molecule has 0 spiro atoms. The summed E-state index contributed by atoms with van der Waals surface area (Å²) in [5.74, 6) is -0.278. The summed E-state index contributed by atoms with van der Waals surface area (Å²) in [5, 5.41) is 9.23. The molecule has 134 valence electrons. The van der Waals surface area contributed by atoms with Crippen LogP contribution in [0.3, 0.4) is 0 Å². The van der Waals surface area contributed by atoms with Gasteiger partial charge >= 0.3 is 5.97 Å². The summed E-state index contributed by atoms with van der Waals surface area (Å²) in [6.45, 7) is 3.44. The van der Waals surface area contributed by atoms with Crippen molar-refractivity contribution in [2.45, 2.75) is 25.4 Å². The number of halogens is 1. The lowest BCUT2D eigenvalue weighted by atomic mass is 9.87. The van der Waals surface area contributed by atoms with Crippen LogP contribution in [0.25, 0.3) is 0 Å². The van der Waals surface area contributed by atoms with Gasteiger partial charge in [0.15, 0.2) is 0 Å². The Hall–Kier alpha value is -2.60. The Kier molecular flexibility index (Phi) is 4.28. The number of rotatable bonds is 2. The Morgan fingerprint density at radius 1 is 1.27 bits per heavy atom. The highest BCUT2D eigenvalue weighted by molar-refractivity contribution is 6.30. The standard InChI is InChI=1S/C19H19ClN4O2/c1-12-18-16-8-3-13(19(25)26-2)11-17(16)23(9-10-24(18)22-21-12)15-6-4-14(20)5-7-15/h3-8,11,16-17H,9-10H2,1-2H3. The molecule has 1 aliphatic heterocycles. The lowest BCUT2D eigenvalue weighted by Gasteiger charge is -2.35. The first kappa shape index (κ1) is 16.8. The molecule has 1 aliphatic carbocycles. The van der Waals surface area contributed by atoms with E-state index in [1.807, 2.05) is 54.1 Å². The number of methoxy groups -OCH3 is 1. The number of aryl methyl sites for hydroxylation is 1. The number of anilines is 1. The van der Waals surface area contributed by atoms with Crippen LogP contribution in [0.2, 0.25) is 5.02 Å². The first-order chi connectivity index (χ1) is 12.6. The van der Waals surface area contributed by atoms with Gasteiger partial charge < -0.3 is 9.64 Å². The van der Waals surface area contributed by atoms with E-state index in [1.165, 1.54) is 7.11 Å². The molecule has 2 heterocycles. The van der Waals surface area contributed by atoms with Gasteiger partial charge in [-0.2, -0.15) is 0 Å². The molecule has 0 radical (unpaired) electrons. The maximum absolute atomic E-state index is 12.1. The maximum atomic E-state index is 12.1. The van der Waals surface area contributed by atoms with E-state index in [2.05, 4.69) is 15.2 Å². The minimum absolute atomic E-state index is 0.0336. The highest BCUT2D eigenvalue weighted by atomic mass is 35.5. The van der Waals surface area contributed by atoms with E-state index in [0.29, 0.717) is 10.6 Å².